The first-order valence-electron chi connectivity index (χ1n) is 7.19. The molecule has 0 aliphatic rings. The van der Waals surface area contributed by atoms with Crippen LogP contribution in [0.4, 0.5) is 0 Å². The van der Waals surface area contributed by atoms with Gasteiger partial charge in [0, 0.05) is 25.7 Å². The molecular formula is C14H22O12. The summed E-state index contributed by atoms with van der Waals surface area (Å²) in [5, 5.41) is 47.9. The average molecular weight is 382 g/mol. The molecule has 0 aromatic rings. The van der Waals surface area contributed by atoms with E-state index < -0.39 is 35.8 Å². The molecule has 150 valence electrons. The first-order valence-corrected chi connectivity index (χ1v) is 7.19. The molecule has 0 heterocycles. The first-order chi connectivity index (χ1) is 11.9. The summed E-state index contributed by atoms with van der Waals surface area (Å²) >= 11 is 0. The van der Waals surface area contributed by atoms with E-state index in [0.717, 1.165) is 0 Å². The second-order valence-electron chi connectivity index (χ2n) is 4.57. The minimum atomic E-state index is -1.08. The summed E-state index contributed by atoms with van der Waals surface area (Å²) in [6.07, 6.45) is -0.419. The summed E-state index contributed by atoms with van der Waals surface area (Å²) in [5.41, 5.74) is 0. The Kier molecular flexibility index (Phi) is 19.3. The largest absolute Gasteiger partial charge is 0.481 e. The zero-order valence-corrected chi connectivity index (χ0v) is 13.8. The first kappa shape index (κ1) is 27.7. The van der Waals surface area contributed by atoms with Crippen molar-refractivity contribution in [2.24, 2.45) is 0 Å². The number of rotatable bonds is 11. The van der Waals surface area contributed by atoms with E-state index in [1.807, 2.05) is 0 Å². The fourth-order valence-electron chi connectivity index (χ4n) is 0.996. The summed E-state index contributed by atoms with van der Waals surface area (Å²) in [5.74, 6) is -5.94. The van der Waals surface area contributed by atoms with Crippen LogP contribution < -0.4 is 0 Å². The van der Waals surface area contributed by atoms with Gasteiger partial charge in [0.15, 0.2) is 0 Å². The number of carboxylic acids is 6. The summed E-state index contributed by atoms with van der Waals surface area (Å²) in [7, 11) is 0. The highest BCUT2D eigenvalue weighted by atomic mass is 16.4. The molecule has 12 heteroatoms. The second-order valence-corrected chi connectivity index (χ2v) is 4.57. The molecule has 0 aliphatic carbocycles. The monoisotopic (exact) mass is 382 g/mol. The highest BCUT2D eigenvalue weighted by Crippen LogP contribution is 1.94. The van der Waals surface area contributed by atoms with E-state index in [0.29, 0.717) is 0 Å². The van der Waals surface area contributed by atoms with E-state index >= 15 is 0 Å². The fourth-order valence-corrected chi connectivity index (χ4v) is 0.996. The van der Waals surface area contributed by atoms with Crippen molar-refractivity contribution < 1.29 is 59.4 Å². The number of aliphatic carboxylic acids is 6. The molecular weight excluding hydrogens is 360 g/mol. The molecule has 0 aromatic heterocycles. The maximum atomic E-state index is 9.79. The van der Waals surface area contributed by atoms with Gasteiger partial charge in [-0.15, -0.1) is 0 Å². The van der Waals surface area contributed by atoms with Crippen molar-refractivity contribution in [3.63, 3.8) is 0 Å². The van der Waals surface area contributed by atoms with Gasteiger partial charge in [-0.3, -0.25) is 28.8 Å². The topological polar surface area (TPSA) is 224 Å². The van der Waals surface area contributed by atoms with Crippen molar-refractivity contribution in [1.29, 1.82) is 0 Å². The Labute approximate surface area is 147 Å². The number of carbonyl (C=O) groups is 6. The van der Waals surface area contributed by atoms with Crippen molar-refractivity contribution in [3.05, 3.63) is 0 Å². The summed E-state index contributed by atoms with van der Waals surface area (Å²) < 4.78 is 0. The predicted octanol–water partition coefficient (Wildman–Crippen LogP) is 0.588. The van der Waals surface area contributed by atoms with E-state index in [4.69, 9.17) is 30.6 Å². The van der Waals surface area contributed by atoms with Crippen LogP contribution >= 0.6 is 0 Å². The standard InChI is InChI=1S/2C5H8O4.C4H6O4/c2*6-4(7)2-1-3-5(8)9;5-3(6)1-2-4(7)8/h2*1-3H2,(H,6,7)(H,8,9);1-2H2,(H,5,6)(H,7,8). The van der Waals surface area contributed by atoms with Gasteiger partial charge < -0.3 is 30.6 Å². The normalized spacial score (nSPS) is 8.77. The van der Waals surface area contributed by atoms with Crippen LogP contribution in [-0.4, -0.2) is 66.5 Å². The van der Waals surface area contributed by atoms with Gasteiger partial charge in [0.05, 0.1) is 12.8 Å². The maximum Gasteiger partial charge on any atom is 0.303 e. The van der Waals surface area contributed by atoms with Crippen LogP contribution in [0, 0.1) is 0 Å². The third kappa shape index (κ3) is 42.8. The molecule has 0 rings (SSSR count). The van der Waals surface area contributed by atoms with Crippen molar-refractivity contribution in [2.45, 2.75) is 51.4 Å². The molecule has 12 nitrogen and oxygen atoms in total. The minimum absolute atomic E-state index is 0.0632. The van der Waals surface area contributed by atoms with Crippen molar-refractivity contribution >= 4 is 35.8 Å². The maximum absolute atomic E-state index is 9.79. The Balaban J connectivity index is -0.000000306. The highest BCUT2D eigenvalue weighted by molar-refractivity contribution is 5.75. The molecule has 0 bridgehead atoms. The zero-order valence-electron chi connectivity index (χ0n) is 13.8. The number of hydrogen-bond donors (Lipinski definition) is 6. The molecule has 0 amide bonds. The van der Waals surface area contributed by atoms with Crippen LogP contribution in [0.1, 0.15) is 51.4 Å². The Morgan fingerprint density at radius 1 is 0.346 bits per heavy atom. The van der Waals surface area contributed by atoms with Crippen molar-refractivity contribution in [3.8, 4) is 0 Å². The van der Waals surface area contributed by atoms with Crippen LogP contribution in [0.2, 0.25) is 0 Å². The van der Waals surface area contributed by atoms with Crippen LogP contribution in [0.15, 0.2) is 0 Å². The van der Waals surface area contributed by atoms with E-state index in [2.05, 4.69) is 0 Å². The van der Waals surface area contributed by atoms with Gasteiger partial charge in [-0.25, -0.2) is 0 Å². The molecule has 0 radical (unpaired) electrons. The van der Waals surface area contributed by atoms with Gasteiger partial charge in [0.25, 0.3) is 0 Å². The molecule has 0 atom stereocenters. The SMILES string of the molecule is O=C(O)CCC(=O)O.O=C(O)CCCC(=O)O.O=C(O)CCCC(=O)O. The van der Waals surface area contributed by atoms with Gasteiger partial charge in [-0.2, -0.15) is 0 Å². The van der Waals surface area contributed by atoms with Crippen molar-refractivity contribution in [2.75, 3.05) is 0 Å². The fraction of sp³-hybridized carbons (Fsp3) is 0.571. The molecule has 26 heavy (non-hydrogen) atoms. The lowest BCUT2D eigenvalue weighted by molar-refractivity contribution is -0.143. The molecule has 0 fully saturated rings. The predicted molar refractivity (Wildman–Crippen MR) is 82.8 cm³/mol. The molecule has 0 aromatic carbocycles. The van der Waals surface area contributed by atoms with Crippen molar-refractivity contribution in [1.82, 2.24) is 0 Å². The molecule has 0 aliphatic heterocycles. The van der Waals surface area contributed by atoms with E-state index in [1.165, 1.54) is 0 Å². The minimum Gasteiger partial charge on any atom is -0.481 e. The van der Waals surface area contributed by atoms with Gasteiger partial charge in [0.2, 0.25) is 0 Å². The van der Waals surface area contributed by atoms with Gasteiger partial charge in [-0.05, 0) is 12.8 Å². The van der Waals surface area contributed by atoms with E-state index in [9.17, 15) is 28.8 Å². The molecule has 0 saturated heterocycles. The van der Waals surface area contributed by atoms with Crippen LogP contribution in [-0.2, 0) is 28.8 Å². The lowest BCUT2D eigenvalue weighted by atomic mass is 10.2. The lowest BCUT2D eigenvalue weighted by Crippen LogP contribution is -2.00. The summed E-state index contributed by atoms with van der Waals surface area (Å²) in [4.78, 5) is 58.4. The summed E-state index contributed by atoms with van der Waals surface area (Å²) in [6.45, 7) is 0. The summed E-state index contributed by atoms with van der Waals surface area (Å²) in [6, 6.07) is 0. The molecule has 0 unspecified atom stereocenters. The molecule has 0 saturated carbocycles. The third-order valence-electron chi connectivity index (χ3n) is 2.12. The lowest BCUT2D eigenvalue weighted by Gasteiger charge is -1.89. The third-order valence-corrected chi connectivity index (χ3v) is 2.12. The van der Waals surface area contributed by atoms with Gasteiger partial charge in [0.1, 0.15) is 0 Å². The van der Waals surface area contributed by atoms with E-state index in [1.54, 1.807) is 0 Å². The van der Waals surface area contributed by atoms with Crippen LogP contribution in [0.25, 0.3) is 0 Å². The smallest absolute Gasteiger partial charge is 0.303 e. The van der Waals surface area contributed by atoms with Gasteiger partial charge >= 0.3 is 35.8 Å². The van der Waals surface area contributed by atoms with Crippen LogP contribution in [0.3, 0.4) is 0 Å². The highest BCUT2D eigenvalue weighted by Gasteiger charge is 2.01. The Hall–Kier alpha value is -3.18. The average Bonchev–Trinajstić information content (AvgIpc) is 2.45. The Bertz CT molecular complexity index is 410. The van der Waals surface area contributed by atoms with Gasteiger partial charge in [-0.1, -0.05) is 0 Å². The number of hydrogen-bond acceptors (Lipinski definition) is 6. The van der Waals surface area contributed by atoms with Crippen LogP contribution in [0.5, 0.6) is 0 Å². The quantitative estimate of drug-likeness (QED) is 0.288. The van der Waals surface area contributed by atoms with E-state index in [-0.39, 0.29) is 51.4 Å². The zero-order chi connectivity index (χ0) is 21.1. The number of carboxylic acid groups (broad SMARTS) is 6. The molecule has 6 N–H and O–H groups in total. The second kappa shape index (κ2) is 18.2. The molecule has 0 spiro atoms. The Morgan fingerprint density at radius 3 is 0.615 bits per heavy atom. The Morgan fingerprint density at radius 2 is 0.500 bits per heavy atom.